The molecule has 1 atom stereocenters. The van der Waals surface area contributed by atoms with E-state index in [9.17, 15) is 22.8 Å². The number of alkyl halides is 3. The first-order chi connectivity index (χ1) is 13.8. The lowest BCUT2D eigenvalue weighted by molar-refractivity contribution is -0.143. The van der Waals surface area contributed by atoms with Gasteiger partial charge in [-0.1, -0.05) is 30.3 Å². The van der Waals surface area contributed by atoms with E-state index < -0.39 is 23.8 Å². The predicted molar refractivity (Wildman–Crippen MR) is 99.2 cm³/mol. The van der Waals surface area contributed by atoms with Gasteiger partial charge in [-0.2, -0.15) is 13.2 Å². The van der Waals surface area contributed by atoms with E-state index in [-0.39, 0.29) is 11.5 Å². The molecule has 1 aliphatic heterocycles. The van der Waals surface area contributed by atoms with Crippen molar-refractivity contribution in [2.24, 2.45) is 0 Å². The molecule has 0 N–H and O–H groups in total. The summed E-state index contributed by atoms with van der Waals surface area (Å²) in [5.41, 5.74) is 0.273. The van der Waals surface area contributed by atoms with Crippen LogP contribution in [0.3, 0.4) is 0 Å². The summed E-state index contributed by atoms with van der Waals surface area (Å²) in [4.78, 5) is 26.7. The zero-order chi connectivity index (χ0) is 21.0. The Bertz CT molecular complexity index is 874. The third-order valence-electron chi connectivity index (χ3n) is 4.62. The lowest BCUT2D eigenvalue weighted by Gasteiger charge is -2.29. The van der Waals surface area contributed by atoms with Crippen molar-refractivity contribution < 1.29 is 32.2 Å². The van der Waals surface area contributed by atoms with Crippen LogP contribution in [-0.4, -0.2) is 49.2 Å². The lowest BCUT2D eigenvalue weighted by Crippen LogP contribution is -2.46. The smallest absolute Gasteiger partial charge is 0.416 e. The highest BCUT2D eigenvalue weighted by Gasteiger charge is 2.30. The fraction of sp³-hybridized carbons (Fsp3) is 0.333. The Labute approximate surface area is 166 Å². The fourth-order valence-corrected chi connectivity index (χ4v) is 3.07. The number of esters is 1. The maximum absolute atomic E-state index is 12.8. The molecule has 1 aliphatic rings. The monoisotopic (exact) mass is 407 g/mol. The highest BCUT2D eigenvalue weighted by molar-refractivity contribution is 5.98. The molecule has 0 radical (unpaired) electrons. The van der Waals surface area contributed by atoms with Crippen LogP contribution in [0.2, 0.25) is 0 Å². The van der Waals surface area contributed by atoms with Gasteiger partial charge in [0, 0.05) is 13.1 Å². The molecule has 154 valence electrons. The minimum atomic E-state index is -4.44. The Kier molecular flexibility index (Phi) is 6.22. The van der Waals surface area contributed by atoms with Crippen LogP contribution in [0.4, 0.5) is 13.2 Å². The number of morpholine rings is 1. The van der Waals surface area contributed by atoms with Crippen molar-refractivity contribution in [2.75, 3.05) is 26.3 Å². The zero-order valence-electron chi connectivity index (χ0n) is 15.7. The quantitative estimate of drug-likeness (QED) is 0.724. The summed E-state index contributed by atoms with van der Waals surface area (Å²) >= 11 is 0. The van der Waals surface area contributed by atoms with Gasteiger partial charge in [0.2, 0.25) is 0 Å². The number of carbonyl (C=O) groups excluding carboxylic acids is 2. The summed E-state index contributed by atoms with van der Waals surface area (Å²) in [7, 11) is 0. The molecular formula is C21H20F3NO4. The van der Waals surface area contributed by atoms with Crippen molar-refractivity contribution in [3.05, 3.63) is 59.7 Å². The fourth-order valence-electron chi connectivity index (χ4n) is 3.07. The summed E-state index contributed by atoms with van der Waals surface area (Å²) in [6, 6.07) is 11.0. The Morgan fingerprint density at radius 1 is 1.03 bits per heavy atom. The second kappa shape index (κ2) is 8.65. The summed E-state index contributed by atoms with van der Waals surface area (Å²) < 4.78 is 48.9. The van der Waals surface area contributed by atoms with Gasteiger partial charge in [0.05, 0.1) is 24.3 Å². The molecule has 2 aromatic rings. The molecule has 3 rings (SSSR count). The molecule has 1 amide bonds. The average Bonchev–Trinajstić information content (AvgIpc) is 2.73. The van der Waals surface area contributed by atoms with E-state index in [1.165, 1.54) is 25.1 Å². The Morgan fingerprint density at radius 3 is 2.28 bits per heavy atom. The van der Waals surface area contributed by atoms with Gasteiger partial charge in [-0.25, -0.2) is 4.79 Å². The van der Waals surface area contributed by atoms with Gasteiger partial charge in [-0.3, -0.25) is 4.79 Å². The van der Waals surface area contributed by atoms with Gasteiger partial charge in [0.15, 0.2) is 6.10 Å². The summed E-state index contributed by atoms with van der Waals surface area (Å²) in [5.74, 6) is -1.02. The van der Waals surface area contributed by atoms with Crippen molar-refractivity contribution in [1.82, 2.24) is 4.90 Å². The molecule has 0 spiro atoms. The van der Waals surface area contributed by atoms with Crippen LogP contribution in [-0.2, 0) is 20.4 Å². The standard InChI is InChI=1S/C21H20F3NO4/c1-14(19(26)25-10-12-28-13-11-25)29-20(27)18-5-3-2-4-17(18)15-6-8-16(9-7-15)21(22,23)24/h2-9,14H,10-13H2,1H3. The number of carbonyl (C=O) groups is 2. The van der Waals surface area contributed by atoms with Crippen LogP contribution in [0, 0.1) is 0 Å². The number of hydrogen-bond donors (Lipinski definition) is 0. The molecule has 0 saturated carbocycles. The van der Waals surface area contributed by atoms with Gasteiger partial charge in [-0.05, 0) is 36.2 Å². The third-order valence-corrected chi connectivity index (χ3v) is 4.62. The van der Waals surface area contributed by atoms with Gasteiger partial charge in [0.25, 0.3) is 5.91 Å². The molecule has 29 heavy (non-hydrogen) atoms. The number of amides is 1. The van der Waals surface area contributed by atoms with Crippen molar-refractivity contribution in [3.63, 3.8) is 0 Å². The van der Waals surface area contributed by atoms with Crippen LogP contribution in [0.5, 0.6) is 0 Å². The van der Waals surface area contributed by atoms with Crippen LogP contribution in [0.15, 0.2) is 48.5 Å². The van der Waals surface area contributed by atoms with Crippen LogP contribution in [0.1, 0.15) is 22.8 Å². The first kappa shape index (κ1) is 20.9. The first-order valence-corrected chi connectivity index (χ1v) is 9.11. The Balaban J connectivity index is 1.77. The SMILES string of the molecule is CC(OC(=O)c1ccccc1-c1ccc(C(F)(F)F)cc1)C(=O)N1CCOCC1. The highest BCUT2D eigenvalue weighted by atomic mass is 19.4. The first-order valence-electron chi connectivity index (χ1n) is 9.11. The van der Waals surface area contributed by atoms with E-state index in [1.807, 2.05) is 0 Å². The third kappa shape index (κ3) is 4.95. The zero-order valence-corrected chi connectivity index (χ0v) is 15.7. The molecular weight excluding hydrogens is 387 g/mol. The van der Waals surface area contributed by atoms with Gasteiger partial charge in [-0.15, -0.1) is 0 Å². The van der Waals surface area contributed by atoms with Gasteiger partial charge in [0.1, 0.15) is 0 Å². The number of benzene rings is 2. The molecule has 5 nitrogen and oxygen atoms in total. The van der Waals surface area contributed by atoms with Gasteiger partial charge >= 0.3 is 12.1 Å². The largest absolute Gasteiger partial charge is 0.449 e. The second-order valence-electron chi connectivity index (χ2n) is 6.61. The highest BCUT2D eigenvalue weighted by Crippen LogP contribution is 2.32. The molecule has 1 heterocycles. The summed E-state index contributed by atoms with van der Waals surface area (Å²) in [5, 5.41) is 0. The van der Waals surface area contributed by atoms with Gasteiger partial charge < -0.3 is 14.4 Å². The van der Waals surface area contributed by atoms with Crippen molar-refractivity contribution in [1.29, 1.82) is 0 Å². The Hall–Kier alpha value is -2.87. The number of halogens is 3. The topological polar surface area (TPSA) is 55.8 Å². The number of nitrogens with zero attached hydrogens (tertiary/aromatic N) is 1. The van der Waals surface area contributed by atoms with E-state index in [4.69, 9.17) is 9.47 Å². The maximum atomic E-state index is 12.8. The molecule has 0 aromatic heterocycles. The molecule has 2 aromatic carbocycles. The van der Waals surface area contributed by atoms with Crippen molar-refractivity contribution in [2.45, 2.75) is 19.2 Å². The molecule has 1 fully saturated rings. The molecule has 0 bridgehead atoms. The van der Waals surface area contributed by atoms with Crippen LogP contribution in [0.25, 0.3) is 11.1 Å². The predicted octanol–water partition coefficient (Wildman–Crippen LogP) is 3.78. The maximum Gasteiger partial charge on any atom is 0.416 e. The van der Waals surface area contributed by atoms with Crippen molar-refractivity contribution in [3.8, 4) is 11.1 Å². The number of hydrogen-bond acceptors (Lipinski definition) is 4. The van der Waals surface area contributed by atoms with E-state index in [2.05, 4.69) is 0 Å². The van der Waals surface area contributed by atoms with E-state index in [0.717, 1.165) is 12.1 Å². The minimum absolute atomic E-state index is 0.175. The normalized spacial score (nSPS) is 15.7. The molecule has 1 unspecified atom stereocenters. The summed E-state index contributed by atoms with van der Waals surface area (Å²) in [6.45, 7) is 3.23. The van der Waals surface area contributed by atoms with E-state index >= 15 is 0 Å². The Morgan fingerprint density at radius 2 is 1.66 bits per heavy atom. The van der Waals surface area contributed by atoms with E-state index in [0.29, 0.717) is 37.4 Å². The number of ether oxygens (including phenoxy) is 2. The molecule has 1 saturated heterocycles. The number of rotatable bonds is 4. The minimum Gasteiger partial charge on any atom is -0.449 e. The lowest BCUT2D eigenvalue weighted by atomic mass is 9.98. The van der Waals surface area contributed by atoms with Crippen LogP contribution < -0.4 is 0 Å². The second-order valence-corrected chi connectivity index (χ2v) is 6.61. The average molecular weight is 407 g/mol. The van der Waals surface area contributed by atoms with E-state index in [1.54, 1.807) is 23.1 Å². The van der Waals surface area contributed by atoms with Crippen molar-refractivity contribution >= 4 is 11.9 Å². The summed E-state index contributed by atoms with van der Waals surface area (Å²) in [6.07, 6.45) is -5.42. The molecule has 8 heteroatoms. The molecule has 0 aliphatic carbocycles. The van der Waals surface area contributed by atoms with Crippen LogP contribution >= 0.6 is 0 Å².